The summed E-state index contributed by atoms with van der Waals surface area (Å²) in [5.74, 6) is -0.242. The maximum absolute atomic E-state index is 13.1. The molecule has 3 rings (SSSR count). The van der Waals surface area contributed by atoms with Crippen molar-refractivity contribution in [2.24, 2.45) is 0 Å². The second kappa shape index (κ2) is 3.55. The van der Waals surface area contributed by atoms with Crippen LogP contribution in [-0.4, -0.2) is 12.1 Å². The summed E-state index contributed by atoms with van der Waals surface area (Å²) in [5.41, 5.74) is 0.575. The largest absolute Gasteiger partial charge is 0.264 e. The topological polar surface area (TPSA) is 30.5 Å². The minimum absolute atomic E-state index is 0.242. The molecule has 0 saturated carbocycles. The van der Waals surface area contributed by atoms with Crippen LogP contribution in [0.4, 0.5) is 4.39 Å². The molecular weight excluding hydrogens is 241 g/mol. The molecule has 5 heteroatoms. The standard InChI is InChI=1S/C12H14FNO2S/c1-3-12(2)8-16-17(14-12)11-5-4-10(13)6-9(11)7-15-17/h3-6,14H,1,7-8H2,2H3. The van der Waals surface area contributed by atoms with E-state index in [2.05, 4.69) is 11.3 Å². The maximum atomic E-state index is 13.1. The van der Waals surface area contributed by atoms with Crippen LogP contribution >= 0.6 is 10.8 Å². The van der Waals surface area contributed by atoms with Gasteiger partial charge in [0.15, 0.2) is 0 Å². The Morgan fingerprint density at radius 3 is 3.06 bits per heavy atom. The summed E-state index contributed by atoms with van der Waals surface area (Å²) in [5, 5.41) is 0. The Hall–Kier alpha value is -0.880. The fourth-order valence-electron chi connectivity index (χ4n) is 1.99. The average molecular weight is 255 g/mol. The van der Waals surface area contributed by atoms with Crippen LogP contribution in [-0.2, 0) is 15.0 Å². The third kappa shape index (κ3) is 1.62. The predicted octanol–water partition coefficient (Wildman–Crippen LogP) is 2.83. The van der Waals surface area contributed by atoms with Crippen molar-refractivity contribution >= 4 is 10.8 Å². The SMILES string of the molecule is C=CC1(C)COS2(N1)OCc1cc(F)ccc12. The van der Waals surface area contributed by atoms with E-state index in [4.69, 9.17) is 8.37 Å². The molecule has 3 nitrogen and oxygen atoms in total. The Labute approximate surface area is 101 Å². The highest BCUT2D eigenvalue weighted by Crippen LogP contribution is 2.64. The number of benzene rings is 1. The molecule has 2 atom stereocenters. The molecule has 2 unspecified atom stereocenters. The van der Waals surface area contributed by atoms with E-state index < -0.39 is 10.8 Å². The lowest BCUT2D eigenvalue weighted by Gasteiger charge is -2.35. The van der Waals surface area contributed by atoms with Crippen molar-refractivity contribution in [1.29, 1.82) is 0 Å². The first-order chi connectivity index (χ1) is 8.07. The molecule has 1 aromatic carbocycles. The van der Waals surface area contributed by atoms with Gasteiger partial charge in [-0.2, -0.15) is 0 Å². The predicted molar refractivity (Wildman–Crippen MR) is 64.7 cm³/mol. The van der Waals surface area contributed by atoms with Crippen molar-refractivity contribution in [3.05, 3.63) is 42.2 Å². The highest BCUT2D eigenvalue weighted by Gasteiger charge is 2.45. The number of hydrogen-bond acceptors (Lipinski definition) is 3. The molecule has 1 N–H and O–H groups in total. The highest BCUT2D eigenvalue weighted by molar-refractivity contribution is 8.24. The third-order valence-corrected chi connectivity index (χ3v) is 5.65. The fourth-order valence-corrected chi connectivity index (χ4v) is 4.71. The average Bonchev–Trinajstić information content (AvgIpc) is 2.83. The van der Waals surface area contributed by atoms with E-state index >= 15 is 0 Å². The molecule has 2 aliphatic heterocycles. The van der Waals surface area contributed by atoms with Crippen LogP contribution in [0.2, 0.25) is 0 Å². The van der Waals surface area contributed by atoms with Gasteiger partial charge in [-0.3, -0.25) is 8.37 Å². The smallest absolute Gasteiger partial charge is 0.123 e. The fraction of sp³-hybridized carbons (Fsp3) is 0.333. The van der Waals surface area contributed by atoms with Gasteiger partial charge in [0.05, 0.1) is 17.0 Å². The van der Waals surface area contributed by atoms with E-state index in [0.717, 1.165) is 10.5 Å². The summed E-state index contributed by atoms with van der Waals surface area (Å²) in [6.07, 6.45) is 1.82. The Morgan fingerprint density at radius 1 is 1.53 bits per heavy atom. The molecule has 0 aromatic heterocycles. The molecule has 2 aliphatic rings. The highest BCUT2D eigenvalue weighted by atomic mass is 32.3. The molecule has 0 aliphatic carbocycles. The van der Waals surface area contributed by atoms with Crippen LogP contribution in [0.5, 0.6) is 0 Å². The van der Waals surface area contributed by atoms with E-state index in [-0.39, 0.29) is 11.4 Å². The molecule has 1 saturated heterocycles. The zero-order valence-corrected chi connectivity index (χ0v) is 10.3. The van der Waals surface area contributed by atoms with Crippen molar-refractivity contribution in [2.75, 3.05) is 6.61 Å². The molecule has 0 bridgehead atoms. The van der Waals surface area contributed by atoms with E-state index in [9.17, 15) is 4.39 Å². The monoisotopic (exact) mass is 255 g/mol. The van der Waals surface area contributed by atoms with Gasteiger partial charge in [0.2, 0.25) is 0 Å². The lowest BCUT2D eigenvalue weighted by Crippen LogP contribution is -2.36. The zero-order chi connectivity index (χ0) is 12.1. The van der Waals surface area contributed by atoms with E-state index in [1.165, 1.54) is 12.1 Å². The second-order valence-corrected chi connectivity index (χ2v) is 6.63. The Morgan fingerprint density at radius 2 is 2.35 bits per heavy atom. The van der Waals surface area contributed by atoms with Crippen LogP contribution < -0.4 is 4.72 Å². The van der Waals surface area contributed by atoms with Crippen LogP contribution in [0.25, 0.3) is 0 Å². The van der Waals surface area contributed by atoms with Crippen LogP contribution in [0.3, 0.4) is 0 Å². The van der Waals surface area contributed by atoms with Gasteiger partial charge in [-0.25, -0.2) is 9.11 Å². The molecule has 0 amide bonds. The van der Waals surface area contributed by atoms with E-state index in [1.807, 2.05) is 13.0 Å². The van der Waals surface area contributed by atoms with E-state index in [1.54, 1.807) is 6.07 Å². The van der Waals surface area contributed by atoms with Gasteiger partial charge in [0, 0.05) is 5.56 Å². The lowest BCUT2D eigenvalue weighted by atomic mass is 10.1. The Kier molecular flexibility index (Phi) is 2.35. The van der Waals surface area contributed by atoms with Crippen molar-refractivity contribution in [3.8, 4) is 0 Å². The summed E-state index contributed by atoms with van der Waals surface area (Å²) in [6.45, 7) is 6.71. The first-order valence-electron chi connectivity index (χ1n) is 5.40. The quantitative estimate of drug-likeness (QED) is 0.783. The van der Waals surface area contributed by atoms with Gasteiger partial charge in [-0.15, -0.1) is 17.4 Å². The summed E-state index contributed by atoms with van der Waals surface area (Å²) in [7, 11) is -1.91. The Bertz CT molecular complexity index is 495. The molecule has 1 aromatic rings. The second-order valence-electron chi connectivity index (χ2n) is 4.50. The van der Waals surface area contributed by atoms with Crippen LogP contribution in [0.1, 0.15) is 12.5 Å². The van der Waals surface area contributed by atoms with Gasteiger partial charge in [0.25, 0.3) is 0 Å². The van der Waals surface area contributed by atoms with Gasteiger partial charge in [-0.1, -0.05) is 6.08 Å². The van der Waals surface area contributed by atoms with Gasteiger partial charge >= 0.3 is 0 Å². The maximum Gasteiger partial charge on any atom is 0.123 e. The van der Waals surface area contributed by atoms with Crippen molar-refractivity contribution < 1.29 is 12.8 Å². The van der Waals surface area contributed by atoms with Crippen molar-refractivity contribution in [2.45, 2.75) is 24.0 Å². The molecule has 1 spiro atoms. The molecule has 17 heavy (non-hydrogen) atoms. The first-order valence-corrected chi connectivity index (χ1v) is 6.88. The number of halogens is 1. The molecule has 92 valence electrons. The van der Waals surface area contributed by atoms with Crippen LogP contribution in [0, 0.1) is 5.82 Å². The summed E-state index contributed by atoms with van der Waals surface area (Å²) < 4.78 is 28.1. The summed E-state index contributed by atoms with van der Waals surface area (Å²) in [4.78, 5) is 0.935. The first kappa shape index (κ1) is 11.2. The minimum Gasteiger partial charge on any atom is -0.264 e. The third-order valence-electron chi connectivity index (χ3n) is 3.04. The summed E-state index contributed by atoms with van der Waals surface area (Å²) in [6, 6.07) is 4.69. The van der Waals surface area contributed by atoms with E-state index in [0.29, 0.717) is 13.2 Å². The van der Waals surface area contributed by atoms with Crippen LogP contribution in [0.15, 0.2) is 35.7 Å². The molecule has 1 fully saturated rings. The number of hydrogen-bond donors (Lipinski definition) is 1. The molecular formula is C12H14FNO2S. The van der Waals surface area contributed by atoms with Gasteiger partial charge < -0.3 is 0 Å². The van der Waals surface area contributed by atoms with Crippen molar-refractivity contribution in [1.82, 2.24) is 4.72 Å². The molecule has 0 radical (unpaired) electrons. The van der Waals surface area contributed by atoms with Crippen molar-refractivity contribution in [3.63, 3.8) is 0 Å². The number of fused-ring (bicyclic) bond motifs is 2. The van der Waals surface area contributed by atoms with Gasteiger partial charge in [-0.05, 0) is 25.1 Å². The Balaban J connectivity index is 2.01. The lowest BCUT2D eigenvalue weighted by molar-refractivity contribution is 0.275. The zero-order valence-electron chi connectivity index (χ0n) is 9.53. The number of rotatable bonds is 1. The van der Waals surface area contributed by atoms with Gasteiger partial charge in [0.1, 0.15) is 12.4 Å². The number of nitrogens with one attached hydrogen (secondary N) is 1. The normalized spacial score (nSPS) is 38.9. The molecule has 2 heterocycles. The summed E-state index contributed by atoms with van der Waals surface area (Å²) >= 11 is 0. The minimum atomic E-state index is -1.91.